The molecule has 0 saturated carbocycles. The molecule has 2 rings (SSSR count). The Morgan fingerprint density at radius 1 is 1.21 bits per heavy atom. The summed E-state index contributed by atoms with van der Waals surface area (Å²) in [6, 6.07) is 2.76. The van der Waals surface area contributed by atoms with Gasteiger partial charge in [-0.2, -0.15) is 0 Å². The number of amides is 4. The highest BCUT2D eigenvalue weighted by Gasteiger charge is 2.49. The van der Waals surface area contributed by atoms with Gasteiger partial charge in [0.05, 0.1) is 5.56 Å². The first-order valence-electron chi connectivity index (χ1n) is 9.03. The molecular weight excluding hydrogens is 385 g/mol. The molecule has 10 heteroatoms. The number of hydrogen-bond acceptors (Lipinski definition) is 6. The molecule has 0 aromatic heterocycles. The fourth-order valence-electron chi connectivity index (χ4n) is 2.97. The second-order valence-corrected chi connectivity index (χ2v) is 6.57. The maximum atomic E-state index is 14.1. The quantitative estimate of drug-likeness (QED) is 0.384. The highest BCUT2D eigenvalue weighted by atomic mass is 19.1. The number of ether oxygens (including phenoxy) is 1. The van der Waals surface area contributed by atoms with Crippen molar-refractivity contribution in [1.29, 1.82) is 0 Å². The molecule has 1 aliphatic heterocycles. The third-order valence-electron chi connectivity index (χ3n) is 4.69. The van der Waals surface area contributed by atoms with Gasteiger partial charge < -0.3 is 15.4 Å². The number of carbonyl (C=O) groups excluding carboxylic acids is 5. The minimum atomic E-state index is -1.05. The van der Waals surface area contributed by atoms with Gasteiger partial charge in [0.2, 0.25) is 11.7 Å². The van der Waals surface area contributed by atoms with Crippen molar-refractivity contribution in [3.63, 3.8) is 0 Å². The van der Waals surface area contributed by atoms with Crippen LogP contribution < -0.4 is 10.6 Å². The number of urea groups is 1. The van der Waals surface area contributed by atoms with Crippen molar-refractivity contribution in [2.24, 2.45) is 0 Å². The first-order valence-corrected chi connectivity index (χ1v) is 9.03. The van der Waals surface area contributed by atoms with Crippen LogP contribution in [0.2, 0.25) is 0 Å². The molecule has 1 aromatic carbocycles. The van der Waals surface area contributed by atoms with E-state index in [4.69, 9.17) is 4.74 Å². The van der Waals surface area contributed by atoms with Crippen LogP contribution >= 0.6 is 0 Å². The molecule has 1 aromatic rings. The van der Waals surface area contributed by atoms with Crippen LogP contribution in [0.15, 0.2) is 18.2 Å². The molecule has 2 N–H and O–H groups in total. The average Bonchev–Trinajstić information content (AvgIpc) is 2.90. The van der Waals surface area contributed by atoms with Crippen LogP contribution in [-0.4, -0.2) is 53.2 Å². The van der Waals surface area contributed by atoms with Crippen molar-refractivity contribution < 1.29 is 33.1 Å². The van der Waals surface area contributed by atoms with Crippen LogP contribution in [0.5, 0.6) is 0 Å². The summed E-state index contributed by atoms with van der Waals surface area (Å²) in [5, 5.41) is 4.95. The van der Waals surface area contributed by atoms with Gasteiger partial charge in [-0.15, -0.1) is 0 Å². The van der Waals surface area contributed by atoms with E-state index in [1.165, 1.54) is 13.0 Å². The molecule has 0 spiro atoms. The number of nitrogens with zero attached hydrogens (tertiary/aromatic N) is 1. The number of Topliss-reactive ketones (excluding diaryl/α,β-unsaturated/α-hetero) is 1. The van der Waals surface area contributed by atoms with E-state index in [9.17, 15) is 28.4 Å². The molecule has 0 aliphatic carbocycles. The molecule has 0 unspecified atom stereocenters. The van der Waals surface area contributed by atoms with Crippen molar-refractivity contribution in [2.45, 2.75) is 39.2 Å². The number of imide groups is 1. The van der Waals surface area contributed by atoms with E-state index < -0.39 is 54.1 Å². The number of halogens is 1. The van der Waals surface area contributed by atoms with Crippen LogP contribution in [0.3, 0.4) is 0 Å². The highest BCUT2D eigenvalue weighted by Crippen LogP contribution is 2.24. The lowest BCUT2D eigenvalue weighted by atomic mass is 9.93. The molecule has 0 radical (unpaired) electrons. The topological polar surface area (TPSA) is 122 Å². The molecule has 156 valence electrons. The van der Waals surface area contributed by atoms with Gasteiger partial charge in [-0.1, -0.05) is 13.8 Å². The van der Waals surface area contributed by atoms with Gasteiger partial charge in [0.1, 0.15) is 17.9 Å². The zero-order valence-electron chi connectivity index (χ0n) is 16.3. The van der Waals surface area contributed by atoms with Crippen molar-refractivity contribution >= 4 is 35.3 Å². The van der Waals surface area contributed by atoms with E-state index in [1.54, 1.807) is 13.8 Å². The Balaban J connectivity index is 1.96. The van der Waals surface area contributed by atoms with Crippen LogP contribution in [-0.2, 0) is 19.1 Å². The minimum Gasteiger partial charge on any atom is -0.456 e. The average molecular weight is 407 g/mol. The first kappa shape index (κ1) is 22.0. The largest absolute Gasteiger partial charge is 0.456 e. The van der Waals surface area contributed by atoms with E-state index >= 15 is 0 Å². The Hall–Kier alpha value is -3.30. The number of rotatable bonds is 8. The van der Waals surface area contributed by atoms with Gasteiger partial charge in [-0.25, -0.2) is 9.18 Å². The number of esters is 1. The normalized spacial score (nSPS) is 15.1. The molecule has 4 amide bonds. The third-order valence-corrected chi connectivity index (χ3v) is 4.69. The third kappa shape index (κ3) is 4.76. The zero-order chi connectivity index (χ0) is 21.8. The molecule has 1 aliphatic rings. The fourth-order valence-corrected chi connectivity index (χ4v) is 2.97. The van der Waals surface area contributed by atoms with E-state index in [2.05, 4.69) is 10.6 Å². The van der Waals surface area contributed by atoms with Crippen molar-refractivity contribution in [3.8, 4) is 0 Å². The standard InChI is InChI=1S/C19H22FN3O6/c1-4-19(5-2)17(27)23(18(28)22-19)9-16(26)29-10-15(25)13-7-6-12(8-14(13)20)21-11(3)24/h6-8H,4-5,9-10H2,1-3H3,(H,21,24)(H,22,28). The second kappa shape index (κ2) is 8.80. The smallest absolute Gasteiger partial charge is 0.326 e. The Kier molecular flexibility index (Phi) is 6.68. The van der Waals surface area contributed by atoms with Crippen LogP contribution in [0, 0.1) is 5.82 Å². The Morgan fingerprint density at radius 3 is 2.38 bits per heavy atom. The van der Waals surface area contributed by atoms with E-state index in [0.717, 1.165) is 17.0 Å². The van der Waals surface area contributed by atoms with E-state index in [0.29, 0.717) is 12.8 Å². The van der Waals surface area contributed by atoms with Crippen molar-refractivity contribution in [2.75, 3.05) is 18.5 Å². The highest BCUT2D eigenvalue weighted by molar-refractivity contribution is 6.08. The molecule has 1 fully saturated rings. The molecule has 29 heavy (non-hydrogen) atoms. The van der Waals surface area contributed by atoms with Gasteiger partial charge in [-0.3, -0.25) is 24.1 Å². The second-order valence-electron chi connectivity index (χ2n) is 6.57. The first-order chi connectivity index (χ1) is 13.6. The number of ketones is 1. The minimum absolute atomic E-state index is 0.178. The predicted molar refractivity (Wildman–Crippen MR) is 99.6 cm³/mol. The molecule has 0 atom stereocenters. The molecule has 1 heterocycles. The van der Waals surface area contributed by atoms with Gasteiger partial charge in [-0.05, 0) is 31.0 Å². The zero-order valence-corrected chi connectivity index (χ0v) is 16.3. The lowest BCUT2D eigenvalue weighted by molar-refractivity contribution is -0.146. The summed E-state index contributed by atoms with van der Waals surface area (Å²) in [5.74, 6) is -3.59. The van der Waals surface area contributed by atoms with Gasteiger partial charge in [0.25, 0.3) is 5.91 Å². The lowest BCUT2D eigenvalue weighted by Gasteiger charge is -2.22. The Bertz CT molecular complexity index is 866. The monoisotopic (exact) mass is 407 g/mol. The SMILES string of the molecule is CCC1(CC)NC(=O)N(CC(=O)OCC(=O)c2ccc(NC(C)=O)cc2F)C1=O. The van der Waals surface area contributed by atoms with Gasteiger partial charge in [0, 0.05) is 12.6 Å². The summed E-state index contributed by atoms with van der Waals surface area (Å²) in [5.41, 5.74) is -1.19. The number of anilines is 1. The van der Waals surface area contributed by atoms with Crippen LogP contribution in [0.25, 0.3) is 0 Å². The lowest BCUT2D eigenvalue weighted by Crippen LogP contribution is -2.46. The maximum Gasteiger partial charge on any atom is 0.326 e. The van der Waals surface area contributed by atoms with Gasteiger partial charge >= 0.3 is 12.0 Å². The summed E-state index contributed by atoms with van der Waals surface area (Å²) >= 11 is 0. The number of carbonyl (C=O) groups is 5. The summed E-state index contributed by atoms with van der Waals surface area (Å²) in [6.45, 7) is 3.34. The van der Waals surface area contributed by atoms with Crippen LogP contribution in [0.4, 0.5) is 14.9 Å². The number of nitrogens with one attached hydrogen (secondary N) is 2. The molecule has 0 bridgehead atoms. The number of benzene rings is 1. The van der Waals surface area contributed by atoms with Crippen LogP contribution in [0.1, 0.15) is 44.0 Å². The van der Waals surface area contributed by atoms with Crippen molar-refractivity contribution in [3.05, 3.63) is 29.6 Å². The maximum absolute atomic E-state index is 14.1. The predicted octanol–water partition coefficient (Wildman–Crippen LogP) is 1.62. The van der Waals surface area contributed by atoms with E-state index in [-0.39, 0.29) is 11.3 Å². The van der Waals surface area contributed by atoms with Gasteiger partial charge in [0.15, 0.2) is 6.61 Å². The van der Waals surface area contributed by atoms with E-state index in [1.807, 2.05) is 0 Å². The summed E-state index contributed by atoms with van der Waals surface area (Å²) < 4.78 is 18.9. The molecular formula is C19H22FN3O6. The molecule has 1 saturated heterocycles. The number of hydrogen-bond donors (Lipinski definition) is 2. The summed E-state index contributed by atoms with van der Waals surface area (Å²) in [4.78, 5) is 60.2. The summed E-state index contributed by atoms with van der Waals surface area (Å²) in [6.07, 6.45) is 0.734. The summed E-state index contributed by atoms with van der Waals surface area (Å²) in [7, 11) is 0. The fraction of sp³-hybridized carbons (Fsp3) is 0.421. The molecule has 9 nitrogen and oxygen atoms in total. The van der Waals surface area contributed by atoms with Crippen molar-refractivity contribution in [1.82, 2.24) is 10.2 Å². The Labute approximate surface area is 166 Å². The Morgan fingerprint density at radius 2 is 1.86 bits per heavy atom.